The molecule has 1 fully saturated rings. The molecule has 0 bridgehead atoms. The summed E-state index contributed by atoms with van der Waals surface area (Å²) in [6, 6.07) is 4.62. The lowest BCUT2D eigenvalue weighted by atomic mass is 9.94. The molecule has 1 aliphatic rings. The van der Waals surface area contributed by atoms with E-state index in [9.17, 15) is 4.39 Å². The highest BCUT2D eigenvalue weighted by Crippen LogP contribution is 2.21. The fraction of sp³-hybridized carbons (Fsp3) is 0.400. The molecule has 0 amide bonds. The van der Waals surface area contributed by atoms with Crippen molar-refractivity contribution in [1.29, 1.82) is 0 Å². The quantitative estimate of drug-likeness (QED) is 0.832. The molecule has 0 spiro atoms. The van der Waals surface area contributed by atoms with Crippen molar-refractivity contribution in [2.45, 2.75) is 6.42 Å². The summed E-state index contributed by atoms with van der Waals surface area (Å²) < 4.78 is 12.7. The van der Waals surface area contributed by atoms with Gasteiger partial charge in [-0.1, -0.05) is 17.7 Å². The van der Waals surface area contributed by atoms with E-state index < -0.39 is 0 Å². The van der Waals surface area contributed by atoms with E-state index >= 15 is 0 Å². The zero-order valence-electron chi connectivity index (χ0n) is 7.59. The summed E-state index contributed by atoms with van der Waals surface area (Å²) in [6.45, 7) is 2.10. The van der Waals surface area contributed by atoms with Crippen molar-refractivity contribution in [3.05, 3.63) is 34.6 Å². The highest BCUT2D eigenvalue weighted by atomic mass is 35.5. The lowest BCUT2D eigenvalue weighted by Gasteiger charge is -2.27. The normalized spacial score (nSPS) is 15.9. The van der Waals surface area contributed by atoms with Crippen LogP contribution in [-0.4, -0.2) is 13.1 Å². The number of nitrogens with one attached hydrogen (secondary N) is 1. The van der Waals surface area contributed by atoms with E-state index in [0.29, 0.717) is 10.9 Å². The molecule has 2 rings (SSSR count). The van der Waals surface area contributed by atoms with Crippen LogP contribution in [0.5, 0.6) is 0 Å². The molecule has 1 aliphatic heterocycles. The van der Waals surface area contributed by atoms with Gasteiger partial charge >= 0.3 is 0 Å². The van der Waals surface area contributed by atoms with Crippen LogP contribution in [0.1, 0.15) is 5.56 Å². The summed E-state index contributed by atoms with van der Waals surface area (Å²) in [4.78, 5) is 0. The minimum atomic E-state index is -0.263. The predicted molar refractivity (Wildman–Crippen MR) is 58.7 cm³/mol. The van der Waals surface area contributed by atoms with Gasteiger partial charge in [0.15, 0.2) is 0 Å². The molecule has 0 atom stereocenters. The lowest BCUT2D eigenvalue weighted by molar-refractivity contribution is 0.346. The van der Waals surface area contributed by atoms with Crippen molar-refractivity contribution in [2.24, 2.45) is 5.92 Å². The molecule has 78 valence electrons. The van der Waals surface area contributed by atoms with E-state index in [1.165, 1.54) is 12.1 Å². The second-order valence-corrected chi connectivity index (χ2v) is 3.87. The Morgan fingerprint density at radius 3 is 2.64 bits per heavy atom. The average Bonchev–Trinajstić information content (AvgIpc) is 1.99. The maximum Gasteiger partial charge on any atom is 0.124 e. The van der Waals surface area contributed by atoms with E-state index in [1.54, 1.807) is 6.07 Å². The predicted octanol–water partition coefficient (Wildman–Crippen LogP) is 2.66. The van der Waals surface area contributed by atoms with E-state index in [2.05, 4.69) is 5.32 Å². The third-order valence-corrected chi connectivity index (χ3v) is 2.74. The first-order valence-corrected chi connectivity index (χ1v) is 4.78. The zero-order chi connectivity index (χ0) is 9.26. The van der Waals surface area contributed by atoms with Gasteiger partial charge in [-0.15, -0.1) is 12.4 Å². The highest BCUT2D eigenvalue weighted by Gasteiger charge is 2.18. The van der Waals surface area contributed by atoms with Gasteiger partial charge in [0.1, 0.15) is 5.82 Å². The molecular formula is C10H12Cl2FN. The molecule has 1 aromatic rings. The molecule has 1 heterocycles. The fourth-order valence-corrected chi connectivity index (χ4v) is 1.74. The third-order valence-electron chi connectivity index (χ3n) is 2.39. The molecule has 0 aliphatic carbocycles. The molecule has 0 radical (unpaired) electrons. The van der Waals surface area contributed by atoms with E-state index in [1.807, 2.05) is 0 Å². The molecule has 1 aromatic carbocycles. The van der Waals surface area contributed by atoms with Gasteiger partial charge in [0.05, 0.1) is 0 Å². The monoisotopic (exact) mass is 235 g/mol. The second kappa shape index (κ2) is 4.96. The summed E-state index contributed by atoms with van der Waals surface area (Å²) in [5.74, 6) is 0.406. The maximum absolute atomic E-state index is 12.7. The number of hydrogen-bond acceptors (Lipinski definition) is 1. The number of hydrogen-bond donors (Lipinski definition) is 1. The first-order valence-electron chi connectivity index (χ1n) is 4.40. The minimum Gasteiger partial charge on any atom is -0.316 e. The largest absolute Gasteiger partial charge is 0.316 e. The van der Waals surface area contributed by atoms with Crippen molar-refractivity contribution >= 4 is 24.0 Å². The van der Waals surface area contributed by atoms with Crippen LogP contribution < -0.4 is 5.32 Å². The molecule has 0 aromatic heterocycles. The van der Waals surface area contributed by atoms with Crippen LogP contribution in [-0.2, 0) is 6.42 Å². The van der Waals surface area contributed by atoms with Gasteiger partial charge in [-0.3, -0.25) is 0 Å². The molecule has 1 nitrogen and oxygen atoms in total. The van der Waals surface area contributed by atoms with Crippen molar-refractivity contribution < 1.29 is 4.39 Å². The summed E-state index contributed by atoms with van der Waals surface area (Å²) in [6.07, 6.45) is 0.951. The first-order chi connectivity index (χ1) is 6.25. The number of benzene rings is 1. The summed E-state index contributed by atoms with van der Waals surface area (Å²) in [5, 5.41) is 3.74. The lowest BCUT2D eigenvalue weighted by Crippen LogP contribution is -2.43. The Morgan fingerprint density at radius 1 is 1.43 bits per heavy atom. The molecular weight excluding hydrogens is 224 g/mol. The van der Waals surface area contributed by atoms with Gasteiger partial charge in [-0.05, 0) is 43.1 Å². The summed E-state index contributed by atoms with van der Waals surface area (Å²) >= 11 is 5.89. The highest BCUT2D eigenvalue weighted by molar-refractivity contribution is 6.31. The Kier molecular flexibility index (Phi) is 4.17. The summed E-state index contributed by atoms with van der Waals surface area (Å²) in [7, 11) is 0. The SMILES string of the molecule is Cl.Fc1ccc(CC2CNC2)c(Cl)c1. The third kappa shape index (κ3) is 2.59. The Balaban J connectivity index is 0.000000980. The van der Waals surface area contributed by atoms with Gasteiger partial charge in [0.25, 0.3) is 0 Å². The van der Waals surface area contributed by atoms with Gasteiger partial charge in [-0.25, -0.2) is 4.39 Å². The van der Waals surface area contributed by atoms with Crippen molar-refractivity contribution in [3.8, 4) is 0 Å². The standard InChI is InChI=1S/C10H11ClFN.ClH/c11-10-4-9(12)2-1-8(10)3-7-5-13-6-7;/h1-2,4,7,13H,3,5-6H2;1H. The van der Waals surface area contributed by atoms with Crippen LogP contribution in [0.2, 0.25) is 5.02 Å². The Morgan fingerprint density at radius 2 is 2.14 bits per heavy atom. The van der Waals surface area contributed by atoms with Crippen molar-refractivity contribution in [3.63, 3.8) is 0 Å². The topological polar surface area (TPSA) is 12.0 Å². The Labute approximate surface area is 94.1 Å². The van der Waals surface area contributed by atoms with Crippen LogP contribution in [0.4, 0.5) is 4.39 Å². The van der Waals surface area contributed by atoms with E-state index in [-0.39, 0.29) is 18.2 Å². The van der Waals surface area contributed by atoms with Crippen LogP contribution in [0, 0.1) is 11.7 Å². The van der Waals surface area contributed by atoms with Crippen LogP contribution >= 0.6 is 24.0 Å². The van der Waals surface area contributed by atoms with Crippen LogP contribution in [0.3, 0.4) is 0 Å². The van der Waals surface area contributed by atoms with Gasteiger partial charge in [0.2, 0.25) is 0 Å². The molecule has 1 N–H and O–H groups in total. The van der Waals surface area contributed by atoms with Gasteiger partial charge < -0.3 is 5.32 Å². The molecule has 14 heavy (non-hydrogen) atoms. The van der Waals surface area contributed by atoms with E-state index in [4.69, 9.17) is 11.6 Å². The smallest absolute Gasteiger partial charge is 0.124 e. The average molecular weight is 236 g/mol. The maximum atomic E-state index is 12.7. The van der Waals surface area contributed by atoms with Crippen LogP contribution in [0.25, 0.3) is 0 Å². The first kappa shape index (κ1) is 11.8. The Hall–Kier alpha value is -0.310. The molecule has 0 unspecified atom stereocenters. The second-order valence-electron chi connectivity index (χ2n) is 3.46. The fourth-order valence-electron chi connectivity index (χ4n) is 1.49. The van der Waals surface area contributed by atoms with Gasteiger partial charge in [-0.2, -0.15) is 0 Å². The molecule has 4 heteroatoms. The molecule has 1 saturated heterocycles. The minimum absolute atomic E-state index is 0. The van der Waals surface area contributed by atoms with E-state index in [0.717, 1.165) is 25.1 Å². The zero-order valence-corrected chi connectivity index (χ0v) is 9.17. The van der Waals surface area contributed by atoms with Gasteiger partial charge in [0, 0.05) is 5.02 Å². The Bertz CT molecular complexity index is 313. The number of rotatable bonds is 2. The van der Waals surface area contributed by atoms with Crippen molar-refractivity contribution in [2.75, 3.05) is 13.1 Å². The van der Waals surface area contributed by atoms with Crippen molar-refractivity contribution in [1.82, 2.24) is 5.32 Å². The molecule has 0 saturated carbocycles. The van der Waals surface area contributed by atoms with Crippen LogP contribution in [0.15, 0.2) is 18.2 Å². The number of halogens is 3. The summed E-state index contributed by atoms with van der Waals surface area (Å²) in [5.41, 5.74) is 1.05.